The van der Waals surface area contributed by atoms with Crippen molar-refractivity contribution in [1.82, 2.24) is 10.3 Å². The van der Waals surface area contributed by atoms with Crippen LogP contribution in [0.25, 0.3) is 11.5 Å². The van der Waals surface area contributed by atoms with Gasteiger partial charge in [-0.3, -0.25) is 4.79 Å². The minimum absolute atomic E-state index is 0.0403. The standard InChI is InChI=1S/C22H23ClN2O4/c1-15-20(25-22(29-15)17-4-3-5-19(12-17)27-2)13-28-14-21(26)24-11-10-16-6-8-18(23)9-7-16/h3-9,12H,10-11,13-14H2,1-2H3,(H,24,26). The number of rotatable bonds is 9. The number of aryl methyl sites for hydroxylation is 1. The Bertz CT molecular complexity index is 954. The molecule has 2 aromatic carbocycles. The molecule has 0 fully saturated rings. The van der Waals surface area contributed by atoms with E-state index in [1.54, 1.807) is 7.11 Å². The van der Waals surface area contributed by atoms with Gasteiger partial charge in [-0.2, -0.15) is 0 Å². The van der Waals surface area contributed by atoms with Gasteiger partial charge in [0.05, 0.1) is 13.7 Å². The topological polar surface area (TPSA) is 73.6 Å². The van der Waals surface area contributed by atoms with Gasteiger partial charge in [0.1, 0.15) is 23.8 Å². The van der Waals surface area contributed by atoms with Gasteiger partial charge < -0.3 is 19.2 Å². The first-order valence-electron chi connectivity index (χ1n) is 9.25. The van der Waals surface area contributed by atoms with Crippen molar-refractivity contribution < 1.29 is 18.7 Å². The van der Waals surface area contributed by atoms with Crippen LogP contribution >= 0.6 is 11.6 Å². The molecule has 1 amide bonds. The fourth-order valence-electron chi connectivity index (χ4n) is 2.73. The summed E-state index contributed by atoms with van der Waals surface area (Å²) in [6.07, 6.45) is 0.731. The number of nitrogens with one attached hydrogen (secondary N) is 1. The third-order valence-electron chi connectivity index (χ3n) is 4.33. The molecular weight excluding hydrogens is 392 g/mol. The van der Waals surface area contributed by atoms with E-state index >= 15 is 0 Å². The van der Waals surface area contributed by atoms with Crippen LogP contribution in [0.5, 0.6) is 5.75 Å². The van der Waals surface area contributed by atoms with Crippen LogP contribution in [-0.2, 0) is 22.6 Å². The number of aromatic nitrogens is 1. The number of carbonyl (C=O) groups is 1. The average molecular weight is 415 g/mol. The molecule has 0 unspecified atom stereocenters. The molecule has 7 heteroatoms. The highest BCUT2D eigenvalue weighted by Crippen LogP contribution is 2.25. The molecule has 1 aromatic heterocycles. The lowest BCUT2D eigenvalue weighted by Crippen LogP contribution is -2.29. The van der Waals surface area contributed by atoms with E-state index in [4.69, 9.17) is 25.5 Å². The number of halogens is 1. The van der Waals surface area contributed by atoms with Crippen LogP contribution in [0, 0.1) is 6.92 Å². The minimum Gasteiger partial charge on any atom is -0.497 e. The van der Waals surface area contributed by atoms with Crippen LogP contribution in [0.15, 0.2) is 52.9 Å². The van der Waals surface area contributed by atoms with Crippen LogP contribution in [0.4, 0.5) is 0 Å². The maximum atomic E-state index is 11.9. The van der Waals surface area contributed by atoms with Gasteiger partial charge in [0.2, 0.25) is 11.8 Å². The van der Waals surface area contributed by atoms with E-state index in [0.717, 1.165) is 23.3 Å². The Balaban J connectivity index is 1.44. The number of carbonyl (C=O) groups excluding carboxylic acids is 1. The van der Waals surface area contributed by atoms with E-state index in [9.17, 15) is 4.79 Å². The second-order valence-corrected chi connectivity index (χ2v) is 6.91. The Morgan fingerprint density at radius 1 is 1.21 bits per heavy atom. The lowest BCUT2D eigenvalue weighted by molar-refractivity contribution is -0.126. The average Bonchev–Trinajstić information content (AvgIpc) is 3.10. The number of benzene rings is 2. The highest BCUT2D eigenvalue weighted by atomic mass is 35.5. The molecule has 0 saturated carbocycles. The summed E-state index contributed by atoms with van der Waals surface area (Å²) in [7, 11) is 1.61. The number of methoxy groups -OCH3 is 1. The molecule has 0 saturated heterocycles. The van der Waals surface area contributed by atoms with Crippen molar-refractivity contribution >= 4 is 17.5 Å². The highest BCUT2D eigenvalue weighted by molar-refractivity contribution is 6.30. The summed E-state index contributed by atoms with van der Waals surface area (Å²) < 4.78 is 16.4. The summed E-state index contributed by atoms with van der Waals surface area (Å²) in [5.41, 5.74) is 2.59. The van der Waals surface area contributed by atoms with E-state index in [2.05, 4.69) is 10.3 Å². The van der Waals surface area contributed by atoms with E-state index < -0.39 is 0 Å². The molecule has 1 N–H and O–H groups in total. The number of amides is 1. The molecule has 0 radical (unpaired) electrons. The Morgan fingerprint density at radius 3 is 2.76 bits per heavy atom. The van der Waals surface area contributed by atoms with Crippen LogP contribution in [0.2, 0.25) is 5.02 Å². The molecule has 0 atom stereocenters. The number of hydrogen-bond donors (Lipinski definition) is 1. The van der Waals surface area contributed by atoms with Gasteiger partial charge in [-0.15, -0.1) is 0 Å². The van der Waals surface area contributed by atoms with Gasteiger partial charge in [0.25, 0.3) is 0 Å². The van der Waals surface area contributed by atoms with E-state index in [0.29, 0.717) is 28.9 Å². The maximum absolute atomic E-state index is 11.9. The largest absolute Gasteiger partial charge is 0.497 e. The van der Waals surface area contributed by atoms with Crippen molar-refractivity contribution in [1.29, 1.82) is 0 Å². The summed E-state index contributed by atoms with van der Waals surface area (Å²) in [5, 5.41) is 3.53. The second-order valence-electron chi connectivity index (χ2n) is 6.47. The Kier molecular flexibility index (Phi) is 7.27. The van der Waals surface area contributed by atoms with Crippen molar-refractivity contribution in [2.75, 3.05) is 20.3 Å². The van der Waals surface area contributed by atoms with E-state index in [1.165, 1.54) is 0 Å². The molecule has 0 aliphatic heterocycles. The third-order valence-corrected chi connectivity index (χ3v) is 4.58. The number of ether oxygens (including phenoxy) is 2. The maximum Gasteiger partial charge on any atom is 0.246 e. The van der Waals surface area contributed by atoms with Gasteiger partial charge in [0, 0.05) is 17.1 Å². The molecule has 0 spiro atoms. The molecule has 152 valence electrons. The van der Waals surface area contributed by atoms with Crippen LogP contribution in [0.3, 0.4) is 0 Å². The van der Waals surface area contributed by atoms with Gasteiger partial charge in [-0.05, 0) is 49.2 Å². The molecule has 29 heavy (non-hydrogen) atoms. The Labute approximate surface area is 174 Å². The fraction of sp³-hybridized carbons (Fsp3) is 0.273. The summed E-state index contributed by atoms with van der Waals surface area (Å²) in [6, 6.07) is 15.0. The molecule has 3 rings (SSSR count). The smallest absolute Gasteiger partial charge is 0.246 e. The fourth-order valence-corrected chi connectivity index (χ4v) is 2.86. The second kappa shape index (κ2) is 10.1. The molecule has 1 heterocycles. The zero-order valence-corrected chi connectivity index (χ0v) is 17.2. The third kappa shape index (κ3) is 6.07. The van der Waals surface area contributed by atoms with Crippen molar-refractivity contribution in [3.05, 3.63) is 70.6 Å². The first-order chi connectivity index (χ1) is 14.0. The van der Waals surface area contributed by atoms with Crippen molar-refractivity contribution in [3.63, 3.8) is 0 Å². The summed E-state index contributed by atoms with van der Waals surface area (Å²) in [4.78, 5) is 16.4. The highest BCUT2D eigenvalue weighted by Gasteiger charge is 2.13. The molecule has 0 bridgehead atoms. The molecule has 3 aromatic rings. The first kappa shape index (κ1) is 20.9. The minimum atomic E-state index is -0.173. The summed E-state index contributed by atoms with van der Waals surface area (Å²) in [5.74, 6) is 1.71. The van der Waals surface area contributed by atoms with Crippen LogP contribution in [-0.4, -0.2) is 31.2 Å². The number of nitrogens with zero attached hydrogens (tertiary/aromatic N) is 1. The normalized spacial score (nSPS) is 10.7. The Morgan fingerprint density at radius 2 is 2.00 bits per heavy atom. The van der Waals surface area contributed by atoms with E-state index in [1.807, 2.05) is 55.5 Å². The monoisotopic (exact) mass is 414 g/mol. The van der Waals surface area contributed by atoms with Crippen molar-refractivity contribution in [3.8, 4) is 17.2 Å². The van der Waals surface area contributed by atoms with Crippen LogP contribution < -0.4 is 10.1 Å². The lowest BCUT2D eigenvalue weighted by atomic mass is 10.1. The number of hydrogen-bond acceptors (Lipinski definition) is 5. The zero-order chi connectivity index (χ0) is 20.6. The van der Waals surface area contributed by atoms with Gasteiger partial charge >= 0.3 is 0 Å². The Hall–Kier alpha value is -2.83. The molecule has 0 aliphatic carbocycles. The van der Waals surface area contributed by atoms with Gasteiger partial charge in [-0.25, -0.2) is 4.98 Å². The first-order valence-corrected chi connectivity index (χ1v) is 9.62. The molecule has 6 nitrogen and oxygen atoms in total. The summed E-state index contributed by atoms with van der Waals surface area (Å²) >= 11 is 5.86. The van der Waals surface area contributed by atoms with E-state index in [-0.39, 0.29) is 19.1 Å². The lowest BCUT2D eigenvalue weighted by Gasteiger charge is -2.06. The quantitative estimate of drug-likeness (QED) is 0.568. The molecule has 0 aliphatic rings. The van der Waals surface area contributed by atoms with Crippen molar-refractivity contribution in [2.45, 2.75) is 20.0 Å². The number of oxazole rings is 1. The van der Waals surface area contributed by atoms with Crippen LogP contribution in [0.1, 0.15) is 17.0 Å². The SMILES string of the molecule is COc1cccc(-c2nc(COCC(=O)NCCc3ccc(Cl)cc3)c(C)o2)c1. The zero-order valence-electron chi connectivity index (χ0n) is 16.4. The van der Waals surface area contributed by atoms with Gasteiger partial charge in [0.15, 0.2) is 0 Å². The predicted octanol–water partition coefficient (Wildman–Crippen LogP) is 4.19. The molecular formula is C22H23ClN2O4. The van der Waals surface area contributed by atoms with Gasteiger partial charge in [-0.1, -0.05) is 29.8 Å². The van der Waals surface area contributed by atoms with Crippen molar-refractivity contribution in [2.24, 2.45) is 0 Å². The summed E-state index contributed by atoms with van der Waals surface area (Å²) in [6.45, 7) is 2.51. The predicted molar refractivity (Wildman–Crippen MR) is 111 cm³/mol.